The Bertz CT molecular complexity index is 467. The van der Waals surface area contributed by atoms with E-state index in [2.05, 4.69) is 19.9 Å². The molecule has 0 N–H and O–H groups in total. The second-order valence-electron chi connectivity index (χ2n) is 4.44. The molecule has 0 bridgehead atoms. The van der Waals surface area contributed by atoms with Gasteiger partial charge in [-0.15, -0.1) is 0 Å². The van der Waals surface area contributed by atoms with Crippen LogP contribution in [0.5, 0.6) is 0 Å². The van der Waals surface area contributed by atoms with E-state index in [0.717, 1.165) is 17.9 Å². The zero-order valence-corrected chi connectivity index (χ0v) is 12.5. The van der Waals surface area contributed by atoms with Gasteiger partial charge in [-0.05, 0) is 43.0 Å². The fraction of sp³-hybridized carbons (Fsp3) is 0.467. The first-order chi connectivity index (χ1) is 9.10. The normalized spacial score (nSPS) is 11.7. The summed E-state index contributed by atoms with van der Waals surface area (Å²) in [5, 5.41) is 8.86. The minimum absolute atomic E-state index is 0.0221. The lowest BCUT2D eigenvalue weighted by molar-refractivity contribution is 0.0741. The molecule has 1 aromatic carbocycles. The second-order valence-corrected chi connectivity index (χ2v) is 5.84. The number of carbonyl (C=O) groups is 1. The van der Waals surface area contributed by atoms with Gasteiger partial charge < -0.3 is 4.90 Å². The molecule has 0 saturated heterocycles. The van der Waals surface area contributed by atoms with Crippen molar-refractivity contribution in [3.8, 4) is 6.07 Å². The molecule has 1 aromatic rings. The third kappa shape index (κ3) is 4.60. The third-order valence-corrected chi connectivity index (χ3v) is 4.04. The molecule has 19 heavy (non-hydrogen) atoms. The van der Waals surface area contributed by atoms with Gasteiger partial charge in [0.15, 0.2) is 0 Å². The van der Waals surface area contributed by atoms with Crippen molar-refractivity contribution in [3.05, 3.63) is 35.4 Å². The topological polar surface area (TPSA) is 44.1 Å². The van der Waals surface area contributed by atoms with Crippen LogP contribution >= 0.6 is 11.8 Å². The highest BCUT2D eigenvalue weighted by atomic mass is 32.2. The predicted molar refractivity (Wildman–Crippen MR) is 80.3 cm³/mol. The SMILES string of the molecule is CCSCCC(C)N(C)C(=O)c1cccc(C#N)c1. The van der Waals surface area contributed by atoms with Crippen molar-refractivity contribution in [2.45, 2.75) is 26.3 Å². The maximum atomic E-state index is 12.3. The van der Waals surface area contributed by atoms with E-state index >= 15 is 0 Å². The number of nitriles is 1. The predicted octanol–water partition coefficient (Wildman–Crippen LogP) is 3.16. The van der Waals surface area contributed by atoms with E-state index in [0.29, 0.717) is 11.1 Å². The van der Waals surface area contributed by atoms with Crippen LogP contribution in [-0.4, -0.2) is 35.4 Å². The zero-order valence-electron chi connectivity index (χ0n) is 11.7. The van der Waals surface area contributed by atoms with Crippen LogP contribution in [0.15, 0.2) is 24.3 Å². The molecule has 0 aromatic heterocycles. The van der Waals surface area contributed by atoms with Crippen LogP contribution in [0.3, 0.4) is 0 Å². The molecule has 0 saturated carbocycles. The second kappa shape index (κ2) is 7.85. The minimum Gasteiger partial charge on any atom is -0.339 e. The number of hydrogen-bond acceptors (Lipinski definition) is 3. The molecular formula is C15H20N2OS. The Labute approximate surface area is 119 Å². The first kappa shape index (κ1) is 15.6. The number of carbonyl (C=O) groups excluding carboxylic acids is 1. The molecule has 1 unspecified atom stereocenters. The lowest BCUT2D eigenvalue weighted by Crippen LogP contribution is -2.35. The van der Waals surface area contributed by atoms with Crippen LogP contribution in [0.1, 0.15) is 36.2 Å². The summed E-state index contributed by atoms with van der Waals surface area (Å²) in [6.07, 6.45) is 0.985. The highest BCUT2D eigenvalue weighted by molar-refractivity contribution is 7.99. The van der Waals surface area contributed by atoms with Crippen molar-refractivity contribution in [3.63, 3.8) is 0 Å². The molecular weight excluding hydrogens is 256 g/mol. The maximum absolute atomic E-state index is 12.3. The van der Waals surface area contributed by atoms with Crippen molar-refractivity contribution in [1.82, 2.24) is 4.90 Å². The molecule has 0 aliphatic heterocycles. The lowest BCUT2D eigenvalue weighted by atomic mass is 10.1. The highest BCUT2D eigenvalue weighted by Crippen LogP contribution is 2.13. The maximum Gasteiger partial charge on any atom is 0.253 e. The van der Waals surface area contributed by atoms with Crippen molar-refractivity contribution < 1.29 is 4.79 Å². The zero-order chi connectivity index (χ0) is 14.3. The van der Waals surface area contributed by atoms with Crippen molar-refractivity contribution in [2.75, 3.05) is 18.6 Å². The molecule has 1 atom stereocenters. The van der Waals surface area contributed by atoms with E-state index < -0.39 is 0 Å². The Morgan fingerprint density at radius 1 is 1.53 bits per heavy atom. The molecule has 102 valence electrons. The molecule has 0 fully saturated rings. The van der Waals surface area contributed by atoms with Gasteiger partial charge in [-0.3, -0.25) is 4.79 Å². The van der Waals surface area contributed by atoms with Crippen molar-refractivity contribution >= 4 is 17.7 Å². The summed E-state index contributed by atoms with van der Waals surface area (Å²) in [5.41, 5.74) is 1.10. The summed E-state index contributed by atoms with van der Waals surface area (Å²) in [4.78, 5) is 14.1. The number of nitrogens with zero attached hydrogens (tertiary/aromatic N) is 2. The van der Waals surface area contributed by atoms with Crippen LogP contribution in [0.4, 0.5) is 0 Å². The van der Waals surface area contributed by atoms with E-state index in [-0.39, 0.29) is 11.9 Å². The van der Waals surface area contributed by atoms with E-state index in [1.165, 1.54) is 0 Å². The van der Waals surface area contributed by atoms with Gasteiger partial charge in [0, 0.05) is 18.7 Å². The first-order valence-electron chi connectivity index (χ1n) is 6.45. The molecule has 1 rings (SSSR count). The summed E-state index contributed by atoms with van der Waals surface area (Å²) in [5.74, 6) is 2.15. The van der Waals surface area contributed by atoms with Crippen molar-refractivity contribution in [2.24, 2.45) is 0 Å². The average molecular weight is 276 g/mol. The van der Waals surface area contributed by atoms with Gasteiger partial charge in [0.1, 0.15) is 0 Å². The average Bonchev–Trinajstić information content (AvgIpc) is 2.45. The van der Waals surface area contributed by atoms with Crippen LogP contribution in [-0.2, 0) is 0 Å². The summed E-state index contributed by atoms with van der Waals surface area (Å²) in [6, 6.07) is 9.12. The van der Waals surface area contributed by atoms with Gasteiger partial charge in [0.25, 0.3) is 5.91 Å². The molecule has 0 aliphatic carbocycles. The number of thioether (sulfide) groups is 1. The van der Waals surface area contributed by atoms with Gasteiger partial charge in [-0.1, -0.05) is 13.0 Å². The van der Waals surface area contributed by atoms with Gasteiger partial charge in [0.05, 0.1) is 11.6 Å². The fourth-order valence-corrected chi connectivity index (χ4v) is 2.51. The van der Waals surface area contributed by atoms with Crippen molar-refractivity contribution in [1.29, 1.82) is 5.26 Å². The monoisotopic (exact) mass is 276 g/mol. The number of benzene rings is 1. The standard InChI is InChI=1S/C15H20N2OS/c1-4-19-9-8-12(2)17(3)15(18)14-7-5-6-13(10-14)11-16/h5-7,10,12H,4,8-9H2,1-3H3. The largest absolute Gasteiger partial charge is 0.339 e. The van der Waals surface area contributed by atoms with E-state index in [1.54, 1.807) is 29.2 Å². The summed E-state index contributed by atoms with van der Waals surface area (Å²) < 4.78 is 0. The lowest BCUT2D eigenvalue weighted by Gasteiger charge is -2.25. The van der Waals surface area contributed by atoms with Gasteiger partial charge >= 0.3 is 0 Å². The third-order valence-electron chi connectivity index (χ3n) is 3.10. The van der Waals surface area contributed by atoms with Crippen LogP contribution in [0.25, 0.3) is 0 Å². The Morgan fingerprint density at radius 2 is 2.26 bits per heavy atom. The molecule has 1 amide bonds. The smallest absolute Gasteiger partial charge is 0.253 e. The minimum atomic E-state index is -0.0221. The Morgan fingerprint density at radius 3 is 2.89 bits per heavy atom. The summed E-state index contributed by atoms with van der Waals surface area (Å²) in [7, 11) is 1.82. The number of rotatable bonds is 6. The molecule has 4 heteroatoms. The van der Waals surface area contributed by atoms with Crippen LogP contribution < -0.4 is 0 Å². The van der Waals surface area contributed by atoms with E-state index in [1.807, 2.05) is 18.8 Å². The highest BCUT2D eigenvalue weighted by Gasteiger charge is 2.17. The molecule has 3 nitrogen and oxygen atoms in total. The number of hydrogen-bond donors (Lipinski definition) is 0. The Balaban J connectivity index is 2.68. The van der Waals surface area contributed by atoms with E-state index in [4.69, 9.17) is 5.26 Å². The van der Waals surface area contributed by atoms with E-state index in [9.17, 15) is 4.79 Å². The van der Waals surface area contributed by atoms with Crippen LogP contribution in [0.2, 0.25) is 0 Å². The number of amides is 1. The summed E-state index contributed by atoms with van der Waals surface area (Å²) in [6.45, 7) is 4.19. The quantitative estimate of drug-likeness (QED) is 0.750. The molecule has 0 heterocycles. The Hall–Kier alpha value is -1.47. The summed E-state index contributed by atoms with van der Waals surface area (Å²) >= 11 is 1.89. The molecule has 0 radical (unpaired) electrons. The molecule has 0 spiro atoms. The Kier molecular flexibility index (Phi) is 6.44. The first-order valence-corrected chi connectivity index (χ1v) is 7.60. The molecule has 0 aliphatic rings. The van der Waals surface area contributed by atoms with Gasteiger partial charge in [-0.2, -0.15) is 17.0 Å². The van der Waals surface area contributed by atoms with Gasteiger partial charge in [-0.25, -0.2) is 0 Å². The van der Waals surface area contributed by atoms with Crippen LogP contribution in [0, 0.1) is 11.3 Å². The van der Waals surface area contributed by atoms with Gasteiger partial charge in [0.2, 0.25) is 0 Å². The fourth-order valence-electron chi connectivity index (χ4n) is 1.72.